The molecule has 1 saturated heterocycles. The average molecular weight is 439 g/mol. The summed E-state index contributed by atoms with van der Waals surface area (Å²) in [6.07, 6.45) is 8.02. The molecule has 1 aliphatic rings. The summed E-state index contributed by atoms with van der Waals surface area (Å²) in [4.78, 5) is 0. The van der Waals surface area contributed by atoms with Gasteiger partial charge in [-0.05, 0) is 0 Å². The van der Waals surface area contributed by atoms with Crippen LogP contribution in [0, 0.1) is 0 Å². The molecule has 1 fully saturated rings. The van der Waals surface area contributed by atoms with Crippen LogP contribution >= 0.6 is 0 Å². The fourth-order valence-corrected chi connectivity index (χ4v) is 20.9. The van der Waals surface area contributed by atoms with Crippen LogP contribution in [0.1, 0.15) is 71.1 Å². The number of rotatable bonds is 11. The molecule has 0 aromatic heterocycles. The summed E-state index contributed by atoms with van der Waals surface area (Å²) in [6.45, 7) is 8.49. The van der Waals surface area contributed by atoms with Gasteiger partial charge in [-0.15, -0.1) is 0 Å². The first-order valence-corrected chi connectivity index (χ1v) is 17.6. The molecule has 0 N–H and O–H groups in total. The van der Waals surface area contributed by atoms with E-state index in [1.807, 2.05) is 0 Å². The van der Waals surface area contributed by atoms with Crippen LogP contribution in [0.4, 0.5) is 0 Å². The zero-order valence-corrected chi connectivity index (χ0v) is 18.8. The first kappa shape index (κ1) is 20.3. The Labute approximate surface area is 153 Å². The molecular weight excluding hydrogens is 403 g/mol. The van der Waals surface area contributed by atoms with Crippen molar-refractivity contribution in [1.29, 1.82) is 0 Å². The molecule has 2 rings (SSSR count). The fourth-order valence-electron chi connectivity index (χ4n) is 4.05. The SMILES string of the molecule is CCC[CH2][Sn]([CH2]CCC)([CH2]CCC)[c]1ccccc1C1OCCO1. The third kappa shape index (κ3) is 5.22. The minimum absolute atomic E-state index is 0.109. The van der Waals surface area contributed by atoms with E-state index < -0.39 is 18.4 Å². The van der Waals surface area contributed by atoms with Crippen molar-refractivity contribution in [1.82, 2.24) is 0 Å². The molecule has 0 aliphatic carbocycles. The Morgan fingerprint density at radius 3 is 1.83 bits per heavy atom. The summed E-state index contributed by atoms with van der Waals surface area (Å²) >= 11 is -2.42. The summed E-state index contributed by atoms with van der Waals surface area (Å²) in [5.41, 5.74) is 1.37. The van der Waals surface area contributed by atoms with Gasteiger partial charge in [0.05, 0.1) is 0 Å². The molecule has 0 radical (unpaired) electrons. The molecule has 1 aromatic rings. The van der Waals surface area contributed by atoms with Crippen molar-refractivity contribution >= 4 is 22.0 Å². The Kier molecular flexibility index (Phi) is 9.13. The van der Waals surface area contributed by atoms with Gasteiger partial charge in [-0.2, -0.15) is 0 Å². The maximum absolute atomic E-state index is 5.90. The second-order valence-corrected chi connectivity index (χ2v) is 20.4. The van der Waals surface area contributed by atoms with Crippen LogP contribution in [0.3, 0.4) is 0 Å². The van der Waals surface area contributed by atoms with Crippen LogP contribution in [0.2, 0.25) is 13.3 Å². The second kappa shape index (κ2) is 10.8. The number of unbranched alkanes of at least 4 members (excludes halogenated alkanes) is 3. The van der Waals surface area contributed by atoms with Gasteiger partial charge in [0.1, 0.15) is 0 Å². The van der Waals surface area contributed by atoms with Gasteiger partial charge in [0.25, 0.3) is 0 Å². The van der Waals surface area contributed by atoms with Crippen LogP contribution in [-0.2, 0) is 9.47 Å². The normalized spacial score (nSPS) is 16.0. The van der Waals surface area contributed by atoms with Crippen molar-refractivity contribution in [3.63, 3.8) is 0 Å². The van der Waals surface area contributed by atoms with Gasteiger partial charge in [0.2, 0.25) is 0 Å². The molecule has 2 nitrogen and oxygen atoms in total. The molecule has 0 unspecified atom stereocenters. The third-order valence-corrected chi connectivity index (χ3v) is 21.2. The number of benzene rings is 1. The molecule has 1 heterocycles. The summed E-state index contributed by atoms with van der Waals surface area (Å²) in [5.74, 6) is 0. The molecule has 136 valence electrons. The monoisotopic (exact) mass is 440 g/mol. The Morgan fingerprint density at radius 2 is 1.33 bits per heavy atom. The Morgan fingerprint density at radius 1 is 0.833 bits per heavy atom. The van der Waals surface area contributed by atoms with Gasteiger partial charge in [-0.25, -0.2) is 0 Å². The van der Waals surface area contributed by atoms with Crippen molar-refractivity contribution in [3.8, 4) is 0 Å². The van der Waals surface area contributed by atoms with Crippen LogP contribution in [0.5, 0.6) is 0 Å². The van der Waals surface area contributed by atoms with Crippen LogP contribution in [0.15, 0.2) is 24.3 Å². The van der Waals surface area contributed by atoms with E-state index >= 15 is 0 Å². The van der Waals surface area contributed by atoms with Gasteiger partial charge in [-0.3, -0.25) is 0 Å². The van der Waals surface area contributed by atoms with E-state index in [2.05, 4.69) is 45.0 Å². The molecule has 3 heteroatoms. The van der Waals surface area contributed by atoms with Gasteiger partial charge >= 0.3 is 153 Å². The van der Waals surface area contributed by atoms with Crippen molar-refractivity contribution in [2.45, 2.75) is 78.9 Å². The van der Waals surface area contributed by atoms with Crippen molar-refractivity contribution in [2.75, 3.05) is 13.2 Å². The molecule has 1 aromatic carbocycles. The van der Waals surface area contributed by atoms with E-state index in [4.69, 9.17) is 9.47 Å². The van der Waals surface area contributed by atoms with Crippen molar-refractivity contribution < 1.29 is 9.47 Å². The third-order valence-electron chi connectivity index (χ3n) is 5.43. The summed E-state index contributed by atoms with van der Waals surface area (Å²) in [5, 5.41) is 0. The first-order valence-electron chi connectivity index (χ1n) is 10.1. The van der Waals surface area contributed by atoms with E-state index in [0.29, 0.717) is 0 Å². The summed E-state index contributed by atoms with van der Waals surface area (Å²) in [7, 11) is 0. The standard InChI is InChI=1S/C9H9O2.3C4H9.Sn/c1-2-4-8(5-3-1)9-10-6-7-11-9;3*1-3-4-2;/h1-4,9H,6-7H2;3*1,3-4H2,2H3;. The Hall–Kier alpha value is -0.0613. The Balaban J connectivity index is 2.39. The molecule has 0 spiro atoms. The molecular formula is C21H36O2Sn. The predicted molar refractivity (Wildman–Crippen MR) is 106 cm³/mol. The Bertz CT molecular complexity index is 447. The van der Waals surface area contributed by atoms with Crippen molar-refractivity contribution in [3.05, 3.63) is 29.8 Å². The van der Waals surface area contributed by atoms with Crippen LogP contribution in [-0.4, -0.2) is 31.6 Å². The number of hydrogen-bond donors (Lipinski definition) is 0. The second-order valence-electron chi connectivity index (χ2n) is 7.25. The van der Waals surface area contributed by atoms with Crippen LogP contribution < -0.4 is 3.58 Å². The van der Waals surface area contributed by atoms with Gasteiger partial charge in [-0.1, -0.05) is 0 Å². The van der Waals surface area contributed by atoms with Crippen LogP contribution in [0.25, 0.3) is 0 Å². The molecule has 0 saturated carbocycles. The maximum atomic E-state index is 5.90. The minimum atomic E-state index is -2.42. The molecule has 24 heavy (non-hydrogen) atoms. The van der Waals surface area contributed by atoms with Gasteiger partial charge in [0.15, 0.2) is 0 Å². The zero-order chi connectivity index (χ0) is 17.3. The van der Waals surface area contributed by atoms with Crippen molar-refractivity contribution in [2.24, 2.45) is 0 Å². The topological polar surface area (TPSA) is 18.5 Å². The zero-order valence-electron chi connectivity index (χ0n) is 16.0. The summed E-state index contributed by atoms with van der Waals surface area (Å²) < 4.78 is 18.0. The molecule has 1 aliphatic heterocycles. The van der Waals surface area contributed by atoms with Gasteiger partial charge < -0.3 is 0 Å². The number of hydrogen-bond acceptors (Lipinski definition) is 2. The molecule has 0 atom stereocenters. The number of ether oxygens (including phenoxy) is 2. The molecule has 0 bridgehead atoms. The first-order chi connectivity index (χ1) is 11.8. The van der Waals surface area contributed by atoms with E-state index in [9.17, 15) is 0 Å². The quantitative estimate of drug-likeness (QED) is 0.407. The average Bonchev–Trinajstić information content (AvgIpc) is 3.16. The van der Waals surface area contributed by atoms with E-state index in [0.717, 1.165) is 13.2 Å². The summed E-state index contributed by atoms with van der Waals surface area (Å²) in [6, 6.07) is 9.14. The fraction of sp³-hybridized carbons (Fsp3) is 0.714. The van der Waals surface area contributed by atoms with E-state index in [1.54, 1.807) is 3.58 Å². The van der Waals surface area contributed by atoms with E-state index in [1.165, 1.54) is 57.4 Å². The van der Waals surface area contributed by atoms with Gasteiger partial charge in [0, 0.05) is 0 Å². The predicted octanol–water partition coefficient (Wildman–Crippen LogP) is 5.79. The molecule has 0 amide bonds. The van der Waals surface area contributed by atoms with E-state index in [-0.39, 0.29) is 6.29 Å².